The van der Waals surface area contributed by atoms with Gasteiger partial charge < -0.3 is 5.11 Å². The molecule has 1 atom stereocenters. The molecule has 1 aromatic carbocycles. The molecule has 0 saturated heterocycles. The van der Waals surface area contributed by atoms with Crippen LogP contribution in [0, 0.1) is 0 Å². The van der Waals surface area contributed by atoms with Crippen LogP contribution in [0.4, 0.5) is 0 Å². The monoisotopic (exact) mass is 276 g/mol. The van der Waals surface area contributed by atoms with Gasteiger partial charge in [-0.3, -0.25) is 4.79 Å². The molecule has 0 aliphatic rings. The summed E-state index contributed by atoms with van der Waals surface area (Å²) in [4.78, 5) is 10.9. The second-order valence-electron chi connectivity index (χ2n) is 2.97. The Morgan fingerprint density at radius 1 is 1.64 bits per heavy atom. The van der Waals surface area contributed by atoms with E-state index < -0.39 is 11.9 Å². The number of carboxylic acid groups (broad SMARTS) is 1. The smallest absolute Gasteiger partial charge is 0.310 e. The molecule has 0 heterocycles. The van der Waals surface area contributed by atoms with Crippen LogP contribution in [0.1, 0.15) is 24.8 Å². The number of rotatable bonds is 3. The van der Waals surface area contributed by atoms with Crippen molar-refractivity contribution in [2.45, 2.75) is 19.3 Å². The van der Waals surface area contributed by atoms with Crippen molar-refractivity contribution in [3.63, 3.8) is 0 Å². The van der Waals surface area contributed by atoms with Crippen LogP contribution in [0.2, 0.25) is 5.02 Å². The zero-order valence-corrected chi connectivity index (χ0v) is 9.97. The van der Waals surface area contributed by atoms with Crippen LogP contribution in [0.5, 0.6) is 0 Å². The molecule has 4 heteroatoms. The molecule has 0 bridgehead atoms. The normalized spacial score (nSPS) is 12.5. The van der Waals surface area contributed by atoms with Crippen LogP contribution in [0.15, 0.2) is 22.7 Å². The lowest BCUT2D eigenvalue weighted by atomic mass is 9.97. The standard InChI is InChI=1S/C10H10BrClO2/c1-2-7(10(13)14)6-3-4-8(11)9(12)5-6/h3-5,7H,2H2,1H3,(H,13,14). The summed E-state index contributed by atoms with van der Waals surface area (Å²) in [5.41, 5.74) is 0.744. The Hall–Kier alpha value is -0.540. The average molecular weight is 278 g/mol. The van der Waals surface area contributed by atoms with Crippen molar-refractivity contribution in [3.8, 4) is 0 Å². The number of aliphatic carboxylic acids is 1. The van der Waals surface area contributed by atoms with Crippen LogP contribution in [-0.4, -0.2) is 11.1 Å². The molecular formula is C10H10BrClO2. The number of hydrogen-bond donors (Lipinski definition) is 1. The largest absolute Gasteiger partial charge is 0.481 e. The first kappa shape index (κ1) is 11.5. The molecule has 0 aliphatic heterocycles. The fraction of sp³-hybridized carbons (Fsp3) is 0.300. The van der Waals surface area contributed by atoms with Crippen LogP contribution >= 0.6 is 27.5 Å². The first-order valence-electron chi connectivity index (χ1n) is 4.24. The second kappa shape index (κ2) is 4.80. The molecule has 1 rings (SSSR count). The molecule has 0 radical (unpaired) electrons. The highest BCUT2D eigenvalue weighted by Crippen LogP contribution is 2.28. The molecule has 0 fully saturated rings. The van der Waals surface area contributed by atoms with Gasteiger partial charge in [0, 0.05) is 4.47 Å². The van der Waals surface area contributed by atoms with Crippen LogP contribution in [0.25, 0.3) is 0 Å². The summed E-state index contributed by atoms with van der Waals surface area (Å²) < 4.78 is 0.781. The van der Waals surface area contributed by atoms with Crippen LogP contribution in [-0.2, 0) is 4.79 Å². The first-order chi connectivity index (χ1) is 6.56. The maximum Gasteiger partial charge on any atom is 0.310 e. The first-order valence-corrected chi connectivity index (χ1v) is 5.41. The van der Waals surface area contributed by atoms with Crippen molar-refractivity contribution >= 4 is 33.5 Å². The van der Waals surface area contributed by atoms with E-state index in [4.69, 9.17) is 16.7 Å². The van der Waals surface area contributed by atoms with Gasteiger partial charge in [0.25, 0.3) is 0 Å². The molecule has 76 valence electrons. The number of hydrogen-bond acceptors (Lipinski definition) is 1. The highest BCUT2D eigenvalue weighted by molar-refractivity contribution is 9.10. The highest BCUT2D eigenvalue weighted by atomic mass is 79.9. The third-order valence-corrected chi connectivity index (χ3v) is 3.28. The lowest BCUT2D eigenvalue weighted by molar-refractivity contribution is -0.138. The predicted molar refractivity (Wildman–Crippen MR) is 59.8 cm³/mol. The fourth-order valence-electron chi connectivity index (χ4n) is 1.28. The Bertz CT molecular complexity index is 352. The van der Waals surface area contributed by atoms with Crippen molar-refractivity contribution in [1.29, 1.82) is 0 Å². The van der Waals surface area contributed by atoms with E-state index in [1.165, 1.54) is 0 Å². The summed E-state index contributed by atoms with van der Waals surface area (Å²) in [5.74, 6) is -1.29. The van der Waals surface area contributed by atoms with E-state index in [0.717, 1.165) is 10.0 Å². The van der Waals surface area contributed by atoms with Crippen molar-refractivity contribution in [3.05, 3.63) is 33.3 Å². The van der Waals surface area contributed by atoms with Gasteiger partial charge in [0.15, 0.2) is 0 Å². The fourth-order valence-corrected chi connectivity index (χ4v) is 1.72. The molecule has 14 heavy (non-hydrogen) atoms. The minimum absolute atomic E-state index is 0.472. The van der Waals surface area contributed by atoms with Gasteiger partial charge >= 0.3 is 5.97 Å². The topological polar surface area (TPSA) is 37.3 Å². The predicted octanol–water partition coefficient (Wildman–Crippen LogP) is 3.68. The number of carbonyl (C=O) groups is 1. The molecule has 0 aliphatic carbocycles. The summed E-state index contributed by atoms with van der Waals surface area (Å²) in [6, 6.07) is 5.23. The number of benzene rings is 1. The molecule has 1 aromatic rings. The van der Waals surface area contributed by atoms with Gasteiger partial charge in [-0.25, -0.2) is 0 Å². The maximum absolute atomic E-state index is 10.9. The summed E-state index contributed by atoms with van der Waals surface area (Å²) in [6.45, 7) is 1.84. The van der Waals surface area contributed by atoms with E-state index in [9.17, 15) is 4.79 Å². The van der Waals surface area contributed by atoms with Gasteiger partial charge in [-0.05, 0) is 40.0 Å². The maximum atomic E-state index is 10.9. The van der Waals surface area contributed by atoms with Gasteiger partial charge in [-0.15, -0.1) is 0 Å². The van der Waals surface area contributed by atoms with E-state index in [-0.39, 0.29) is 0 Å². The molecule has 1 N–H and O–H groups in total. The molecule has 2 nitrogen and oxygen atoms in total. The Labute approximate surface area is 96.0 Å². The molecule has 0 aromatic heterocycles. The zero-order valence-electron chi connectivity index (χ0n) is 7.63. The molecule has 1 unspecified atom stereocenters. The Morgan fingerprint density at radius 3 is 2.71 bits per heavy atom. The van der Waals surface area contributed by atoms with Gasteiger partial charge in [0.2, 0.25) is 0 Å². The Kier molecular flexibility index (Phi) is 3.96. The van der Waals surface area contributed by atoms with Crippen molar-refractivity contribution in [2.75, 3.05) is 0 Å². The molecule has 0 spiro atoms. The quantitative estimate of drug-likeness (QED) is 0.915. The van der Waals surface area contributed by atoms with Gasteiger partial charge in [0.05, 0.1) is 10.9 Å². The summed E-state index contributed by atoms with van der Waals surface area (Å²) in [7, 11) is 0. The van der Waals surface area contributed by atoms with Gasteiger partial charge in [0.1, 0.15) is 0 Å². The third kappa shape index (κ3) is 2.49. The molecule has 0 amide bonds. The molecule has 0 saturated carbocycles. The number of carboxylic acids is 1. The minimum atomic E-state index is -0.814. The summed E-state index contributed by atoms with van der Waals surface area (Å²) >= 11 is 9.14. The Morgan fingerprint density at radius 2 is 2.29 bits per heavy atom. The molecular weight excluding hydrogens is 267 g/mol. The van der Waals surface area contributed by atoms with Crippen molar-refractivity contribution < 1.29 is 9.90 Å². The van der Waals surface area contributed by atoms with Crippen molar-refractivity contribution in [1.82, 2.24) is 0 Å². The van der Waals surface area contributed by atoms with E-state index in [2.05, 4.69) is 15.9 Å². The van der Waals surface area contributed by atoms with Crippen LogP contribution < -0.4 is 0 Å². The van der Waals surface area contributed by atoms with Crippen molar-refractivity contribution in [2.24, 2.45) is 0 Å². The Balaban J connectivity index is 3.06. The van der Waals surface area contributed by atoms with E-state index in [0.29, 0.717) is 11.4 Å². The zero-order chi connectivity index (χ0) is 10.7. The van der Waals surface area contributed by atoms with E-state index in [1.807, 2.05) is 6.92 Å². The SMILES string of the molecule is CCC(C(=O)O)c1ccc(Br)c(Cl)c1. The number of halogens is 2. The third-order valence-electron chi connectivity index (χ3n) is 2.05. The van der Waals surface area contributed by atoms with Gasteiger partial charge in [-0.2, -0.15) is 0 Å². The second-order valence-corrected chi connectivity index (χ2v) is 4.23. The summed E-state index contributed by atoms with van der Waals surface area (Å²) in [6.07, 6.45) is 0.563. The van der Waals surface area contributed by atoms with E-state index in [1.54, 1.807) is 18.2 Å². The lowest BCUT2D eigenvalue weighted by Crippen LogP contribution is -2.10. The average Bonchev–Trinajstić information content (AvgIpc) is 2.11. The van der Waals surface area contributed by atoms with Crippen LogP contribution in [0.3, 0.4) is 0 Å². The minimum Gasteiger partial charge on any atom is -0.481 e. The highest BCUT2D eigenvalue weighted by Gasteiger charge is 2.17. The van der Waals surface area contributed by atoms with Gasteiger partial charge in [-0.1, -0.05) is 24.6 Å². The summed E-state index contributed by atoms with van der Waals surface area (Å²) in [5, 5.41) is 9.48. The lowest BCUT2D eigenvalue weighted by Gasteiger charge is -2.10. The van der Waals surface area contributed by atoms with E-state index >= 15 is 0 Å².